The van der Waals surface area contributed by atoms with Crippen molar-refractivity contribution in [1.82, 2.24) is 4.90 Å². The molecule has 0 aromatic carbocycles. The number of nitrogens with zero attached hydrogens (tertiary/aromatic N) is 1. The number of hydrogen-bond acceptors (Lipinski definition) is 3. The van der Waals surface area contributed by atoms with Gasteiger partial charge in [0.25, 0.3) is 0 Å². The van der Waals surface area contributed by atoms with Crippen molar-refractivity contribution >= 4 is 30.5 Å². The molecule has 60 valence electrons. The van der Waals surface area contributed by atoms with Gasteiger partial charge >= 0.3 is 0 Å². The van der Waals surface area contributed by atoms with Gasteiger partial charge in [0.1, 0.15) is 4.99 Å². The number of hydrogen-bond donors (Lipinski definition) is 1. The molecular weight excluding hydrogens is 186 g/mol. The summed E-state index contributed by atoms with van der Waals surface area (Å²) in [4.78, 5) is 12.3. The SMILES string of the molecule is O=C1CC2=S(=O)(O)SC=CN12. The first-order chi connectivity index (χ1) is 5.11. The Morgan fingerprint density at radius 1 is 1.73 bits per heavy atom. The molecule has 6 heteroatoms. The van der Waals surface area contributed by atoms with Crippen molar-refractivity contribution in [1.29, 1.82) is 0 Å². The quantitative estimate of drug-likeness (QED) is 0.338. The van der Waals surface area contributed by atoms with E-state index in [9.17, 15) is 13.6 Å². The number of rotatable bonds is 0. The van der Waals surface area contributed by atoms with Crippen molar-refractivity contribution in [3.8, 4) is 0 Å². The predicted molar refractivity (Wildman–Crippen MR) is 44.0 cm³/mol. The highest BCUT2D eigenvalue weighted by Crippen LogP contribution is 2.28. The molecule has 0 aliphatic carbocycles. The fourth-order valence-electron chi connectivity index (χ4n) is 0.946. The van der Waals surface area contributed by atoms with Crippen molar-refractivity contribution in [3.05, 3.63) is 11.6 Å². The molecule has 1 saturated heterocycles. The Morgan fingerprint density at radius 3 is 3.00 bits per heavy atom. The monoisotopic (exact) mass is 191 g/mol. The van der Waals surface area contributed by atoms with Gasteiger partial charge in [0, 0.05) is 11.6 Å². The van der Waals surface area contributed by atoms with Crippen LogP contribution in [0, 0.1) is 0 Å². The van der Waals surface area contributed by atoms with E-state index in [1.54, 1.807) is 0 Å². The van der Waals surface area contributed by atoms with E-state index in [2.05, 4.69) is 0 Å². The maximum absolute atomic E-state index is 11.2. The second-order valence-electron chi connectivity index (χ2n) is 2.19. The van der Waals surface area contributed by atoms with Crippen LogP contribution in [-0.4, -0.2) is 24.6 Å². The number of fused-ring (bicyclic) bond motifs is 1. The van der Waals surface area contributed by atoms with E-state index in [1.807, 2.05) is 0 Å². The summed E-state index contributed by atoms with van der Waals surface area (Å²) in [7, 11) is -2.10. The van der Waals surface area contributed by atoms with Gasteiger partial charge in [-0.25, -0.2) is 4.21 Å². The zero-order valence-electron chi connectivity index (χ0n) is 5.39. The van der Waals surface area contributed by atoms with Crippen LogP contribution >= 0.6 is 10.8 Å². The lowest BCUT2D eigenvalue weighted by molar-refractivity contribution is -0.127. The van der Waals surface area contributed by atoms with Crippen LogP contribution in [0.15, 0.2) is 11.6 Å². The van der Waals surface area contributed by atoms with Crippen molar-refractivity contribution in [3.63, 3.8) is 0 Å². The van der Waals surface area contributed by atoms with Crippen molar-refractivity contribution in [2.24, 2.45) is 0 Å². The molecular formula is C5H5NO3S2. The summed E-state index contributed by atoms with van der Waals surface area (Å²) in [5.41, 5.74) is 0. The molecule has 4 nitrogen and oxygen atoms in total. The van der Waals surface area contributed by atoms with Crippen LogP contribution in [0.25, 0.3) is 0 Å². The standard InChI is InChI=1S/C5H5NO3S2/c7-4-3-5-6(4)1-2-10-11(5,8)9/h1-2H,3H2,(H,8,9). The lowest BCUT2D eigenvalue weighted by Gasteiger charge is -2.33. The van der Waals surface area contributed by atoms with E-state index in [0.29, 0.717) is 4.99 Å². The predicted octanol–water partition coefficient (Wildman–Crippen LogP) is 0.239. The summed E-state index contributed by atoms with van der Waals surface area (Å²) >= 11 is 0. The number of carbonyl (C=O) groups excluding carboxylic acids is 1. The summed E-state index contributed by atoms with van der Waals surface area (Å²) < 4.78 is 20.4. The average Bonchev–Trinajstić information content (AvgIpc) is 1.91. The van der Waals surface area contributed by atoms with Gasteiger partial charge in [0.05, 0.1) is 6.42 Å². The molecule has 1 amide bonds. The third-order valence-electron chi connectivity index (χ3n) is 1.53. The average molecular weight is 191 g/mol. The number of amides is 1. The Balaban J connectivity index is 2.52. The molecule has 0 spiro atoms. The minimum absolute atomic E-state index is 0.113. The summed E-state index contributed by atoms with van der Waals surface area (Å²) in [5, 5.41) is 1.46. The molecule has 2 rings (SSSR count). The summed E-state index contributed by atoms with van der Waals surface area (Å²) in [6.45, 7) is 0. The van der Waals surface area contributed by atoms with Crippen LogP contribution in [0.1, 0.15) is 6.42 Å². The summed E-state index contributed by atoms with van der Waals surface area (Å²) in [6.07, 6.45) is 1.64. The summed E-state index contributed by atoms with van der Waals surface area (Å²) in [5.74, 6) is -0.113. The highest BCUT2D eigenvalue weighted by molar-refractivity contribution is 8.75. The lowest BCUT2D eigenvalue weighted by atomic mass is 10.2. The maximum atomic E-state index is 11.2. The molecule has 1 fully saturated rings. The van der Waals surface area contributed by atoms with E-state index in [-0.39, 0.29) is 12.3 Å². The molecule has 1 unspecified atom stereocenters. The Labute approximate surface area is 67.5 Å². The van der Waals surface area contributed by atoms with E-state index < -0.39 is 8.83 Å². The fraction of sp³-hybridized carbons (Fsp3) is 0.200. The first-order valence-corrected chi connectivity index (χ1v) is 5.82. The van der Waals surface area contributed by atoms with Crippen molar-refractivity contribution in [2.45, 2.75) is 6.42 Å². The van der Waals surface area contributed by atoms with E-state index in [0.717, 1.165) is 10.8 Å². The van der Waals surface area contributed by atoms with Gasteiger partial charge in [-0.15, -0.1) is 0 Å². The molecule has 0 bridgehead atoms. The molecule has 1 N–H and O–H groups in total. The Morgan fingerprint density at radius 2 is 2.45 bits per heavy atom. The Kier molecular flexibility index (Phi) is 1.33. The highest BCUT2D eigenvalue weighted by Gasteiger charge is 2.36. The van der Waals surface area contributed by atoms with E-state index >= 15 is 0 Å². The van der Waals surface area contributed by atoms with Crippen molar-refractivity contribution in [2.75, 3.05) is 0 Å². The van der Waals surface area contributed by atoms with Crippen molar-refractivity contribution < 1.29 is 13.6 Å². The topological polar surface area (TPSA) is 57.6 Å². The van der Waals surface area contributed by atoms with Crippen LogP contribution in [0.3, 0.4) is 0 Å². The second kappa shape index (κ2) is 2.02. The largest absolute Gasteiger partial charge is 0.304 e. The molecule has 0 aromatic rings. The van der Waals surface area contributed by atoms with Gasteiger partial charge in [-0.05, 0) is 10.8 Å². The zero-order valence-corrected chi connectivity index (χ0v) is 7.02. The molecule has 1 atom stereocenters. The third-order valence-corrected chi connectivity index (χ3v) is 4.66. The fourth-order valence-corrected chi connectivity index (χ4v) is 3.45. The first kappa shape index (κ1) is 7.20. The minimum atomic E-state index is -2.96. The second-order valence-corrected chi connectivity index (χ2v) is 6.01. The van der Waals surface area contributed by atoms with E-state index in [4.69, 9.17) is 0 Å². The molecule has 11 heavy (non-hydrogen) atoms. The highest BCUT2D eigenvalue weighted by atomic mass is 33.1. The van der Waals surface area contributed by atoms with Crippen LogP contribution in [0.4, 0.5) is 0 Å². The molecule has 2 heterocycles. The van der Waals surface area contributed by atoms with Crippen LogP contribution in [0.2, 0.25) is 0 Å². The molecule has 0 radical (unpaired) electrons. The molecule has 0 saturated carbocycles. The molecule has 2 aliphatic rings. The molecule has 2 aliphatic heterocycles. The number of β-lactam (4-membered cyclic amide) rings is 1. The summed E-state index contributed by atoms with van der Waals surface area (Å²) in [6, 6.07) is 0. The van der Waals surface area contributed by atoms with Gasteiger partial charge < -0.3 is 4.55 Å². The van der Waals surface area contributed by atoms with Crippen LogP contribution in [0.5, 0.6) is 0 Å². The van der Waals surface area contributed by atoms with Crippen LogP contribution < -0.4 is 0 Å². The number of carbonyl (C=O) groups is 1. The van der Waals surface area contributed by atoms with Crippen LogP contribution in [-0.2, 0) is 13.6 Å². The van der Waals surface area contributed by atoms with Gasteiger partial charge in [-0.2, -0.15) is 0 Å². The van der Waals surface area contributed by atoms with E-state index in [1.165, 1.54) is 16.5 Å². The lowest BCUT2D eigenvalue weighted by Crippen LogP contribution is -2.48. The first-order valence-electron chi connectivity index (χ1n) is 2.91. The smallest absolute Gasteiger partial charge is 0.238 e. The molecule has 0 aromatic heterocycles. The Hall–Kier alpha value is -0.460. The Bertz CT molecular complexity index is 364. The van der Waals surface area contributed by atoms with Gasteiger partial charge in [-0.3, -0.25) is 9.69 Å². The maximum Gasteiger partial charge on any atom is 0.238 e. The van der Waals surface area contributed by atoms with Gasteiger partial charge in [0.15, 0.2) is 8.83 Å². The van der Waals surface area contributed by atoms with Gasteiger partial charge in [0.2, 0.25) is 5.91 Å². The van der Waals surface area contributed by atoms with Gasteiger partial charge in [-0.1, -0.05) is 0 Å². The zero-order chi connectivity index (χ0) is 8.06. The minimum Gasteiger partial charge on any atom is -0.304 e. The normalized spacial score (nSPS) is 35.2. The third kappa shape index (κ3) is 0.901.